The molecule has 0 saturated heterocycles. The third kappa shape index (κ3) is 3.49. The van der Waals surface area contributed by atoms with Gasteiger partial charge in [-0.3, -0.25) is 4.79 Å². The van der Waals surface area contributed by atoms with Gasteiger partial charge in [-0.25, -0.2) is 0 Å². The van der Waals surface area contributed by atoms with Crippen LogP contribution in [-0.2, 0) is 9.63 Å². The molecule has 6 heteroatoms. The first kappa shape index (κ1) is 14.8. The van der Waals surface area contributed by atoms with Gasteiger partial charge < -0.3 is 15.3 Å². The summed E-state index contributed by atoms with van der Waals surface area (Å²) in [5.41, 5.74) is 0.915. The highest BCUT2D eigenvalue weighted by Crippen LogP contribution is 2.19. The number of oxime groups is 1. The average Bonchev–Trinajstić information content (AvgIpc) is 2.89. The zero-order valence-corrected chi connectivity index (χ0v) is 12.1. The number of carbonyl (C=O) groups excluding carboxylic acids is 1. The number of carbonyl (C=O) groups is 1. The van der Waals surface area contributed by atoms with E-state index in [1.165, 1.54) is 0 Å². The molecule has 1 heterocycles. The summed E-state index contributed by atoms with van der Waals surface area (Å²) in [6.07, 6.45) is -0.263. The fourth-order valence-corrected chi connectivity index (χ4v) is 1.91. The molecule has 2 N–H and O–H groups in total. The van der Waals surface area contributed by atoms with Crippen LogP contribution in [0.2, 0.25) is 5.02 Å². The number of hydrogen-bond acceptors (Lipinski definition) is 4. The highest BCUT2D eigenvalue weighted by atomic mass is 35.5. The minimum atomic E-state index is -0.677. The Morgan fingerprint density at radius 3 is 2.75 bits per heavy atom. The molecule has 0 fully saturated rings. The van der Waals surface area contributed by atoms with Gasteiger partial charge in [-0.15, -0.1) is 0 Å². The predicted molar refractivity (Wildman–Crippen MR) is 76.8 cm³/mol. The van der Waals surface area contributed by atoms with Gasteiger partial charge in [0.25, 0.3) is 5.91 Å². The van der Waals surface area contributed by atoms with Crippen molar-refractivity contribution in [2.75, 3.05) is 6.61 Å². The van der Waals surface area contributed by atoms with Crippen molar-refractivity contribution in [2.45, 2.75) is 31.9 Å². The van der Waals surface area contributed by atoms with Gasteiger partial charge in [-0.2, -0.15) is 0 Å². The molecule has 5 nitrogen and oxygen atoms in total. The van der Waals surface area contributed by atoms with Crippen LogP contribution in [0.25, 0.3) is 0 Å². The Morgan fingerprint density at radius 1 is 1.50 bits per heavy atom. The van der Waals surface area contributed by atoms with Gasteiger partial charge in [0.2, 0.25) is 6.10 Å². The second kappa shape index (κ2) is 5.81. The maximum Gasteiger partial charge on any atom is 0.264 e. The van der Waals surface area contributed by atoms with Crippen LogP contribution in [0.4, 0.5) is 0 Å². The Balaban J connectivity index is 1.97. The molecule has 1 aromatic rings. The fraction of sp³-hybridized carbons (Fsp3) is 0.429. The first-order chi connectivity index (χ1) is 9.41. The molecule has 1 atom stereocenters. The van der Waals surface area contributed by atoms with Crippen LogP contribution in [0.5, 0.6) is 0 Å². The molecular weight excluding hydrogens is 280 g/mol. The van der Waals surface area contributed by atoms with E-state index >= 15 is 0 Å². The van der Waals surface area contributed by atoms with Crippen molar-refractivity contribution in [3.8, 4) is 0 Å². The van der Waals surface area contributed by atoms with Crippen molar-refractivity contribution in [3.05, 3.63) is 34.9 Å². The van der Waals surface area contributed by atoms with Crippen LogP contribution >= 0.6 is 11.6 Å². The second-order valence-electron chi connectivity index (χ2n) is 5.37. The molecular formula is C14H17ClN2O3. The molecule has 2 rings (SSSR count). The molecule has 0 radical (unpaired) electrons. The number of nitrogens with one attached hydrogen (secondary N) is 1. The smallest absolute Gasteiger partial charge is 0.264 e. The van der Waals surface area contributed by atoms with Gasteiger partial charge in [0.15, 0.2) is 0 Å². The molecule has 1 aliphatic rings. The molecule has 1 aromatic carbocycles. The van der Waals surface area contributed by atoms with Crippen molar-refractivity contribution < 1.29 is 14.7 Å². The summed E-state index contributed by atoms with van der Waals surface area (Å²) in [5.74, 6) is -0.281. The minimum absolute atomic E-state index is 0.143. The highest BCUT2D eigenvalue weighted by Gasteiger charge is 2.32. The number of amides is 1. The van der Waals surface area contributed by atoms with E-state index in [9.17, 15) is 4.79 Å². The number of benzene rings is 1. The minimum Gasteiger partial charge on any atom is -0.394 e. The predicted octanol–water partition coefficient (Wildman–Crippen LogP) is 1.72. The third-order valence-corrected chi connectivity index (χ3v) is 3.25. The van der Waals surface area contributed by atoms with E-state index in [0.29, 0.717) is 17.2 Å². The number of aliphatic hydroxyl groups excluding tert-OH is 1. The summed E-state index contributed by atoms with van der Waals surface area (Å²) in [6.45, 7) is 3.33. The molecule has 0 unspecified atom stereocenters. The van der Waals surface area contributed by atoms with E-state index in [1.54, 1.807) is 26.0 Å². The van der Waals surface area contributed by atoms with Crippen LogP contribution < -0.4 is 5.32 Å². The van der Waals surface area contributed by atoms with E-state index in [1.807, 2.05) is 12.1 Å². The van der Waals surface area contributed by atoms with Gasteiger partial charge >= 0.3 is 0 Å². The molecule has 108 valence electrons. The van der Waals surface area contributed by atoms with Gasteiger partial charge in [0.1, 0.15) is 0 Å². The summed E-state index contributed by atoms with van der Waals surface area (Å²) in [7, 11) is 0. The molecule has 1 amide bonds. The van der Waals surface area contributed by atoms with Crippen LogP contribution in [0.1, 0.15) is 25.8 Å². The standard InChI is InChI=1S/C14H17ClN2O3/c1-14(2,8-18)16-13(19)12-7-11(17-20-12)9-3-5-10(15)6-4-9/h3-6,12,18H,7-8H2,1-2H3,(H,16,19)/t12-/m0/s1. The lowest BCUT2D eigenvalue weighted by molar-refractivity contribution is -0.133. The largest absolute Gasteiger partial charge is 0.394 e. The second-order valence-corrected chi connectivity index (χ2v) is 5.81. The average molecular weight is 297 g/mol. The summed E-state index contributed by atoms with van der Waals surface area (Å²) in [6, 6.07) is 7.20. The van der Waals surface area contributed by atoms with E-state index in [2.05, 4.69) is 10.5 Å². The molecule has 0 aliphatic carbocycles. The van der Waals surface area contributed by atoms with Crippen LogP contribution in [0, 0.1) is 0 Å². The number of aliphatic hydroxyl groups is 1. The monoisotopic (exact) mass is 296 g/mol. The quantitative estimate of drug-likeness (QED) is 0.889. The third-order valence-electron chi connectivity index (χ3n) is 3.00. The highest BCUT2D eigenvalue weighted by molar-refractivity contribution is 6.30. The molecule has 0 spiro atoms. The van der Waals surface area contributed by atoms with Crippen molar-refractivity contribution in [2.24, 2.45) is 5.16 Å². The summed E-state index contributed by atoms with van der Waals surface area (Å²) >= 11 is 5.83. The van der Waals surface area contributed by atoms with Gasteiger partial charge in [0, 0.05) is 11.4 Å². The molecule has 20 heavy (non-hydrogen) atoms. The Morgan fingerprint density at radius 2 is 2.15 bits per heavy atom. The lowest BCUT2D eigenvalue weighted by atomic mass is 10.0. The fourth-order valence-electron chi connectivity index (χ4n) is 1.78. The zero-order valence-electron chi connectivity index (χ0n) is 11.4. The Bertz CT molecular complexity index is 526. The Kier molecular flexibility index (Phi) is 4.30. The summed E-state index contributed by atoms with van der Waals surface area (Å²) < 4.78 is 0. The van der Waals surface area contributed by atoms with Gasteiger partial charge in [-0.1, -0.05) is 28.9 Å². The Hall–Kier alpha value is -1.59. The number of halogens is 1. The van der Waals surface area contributed by atoms with Crippen LogP contribution in [0.3, 0.4) is 0 Å². The SMILES string of the molecule is CC(C)(CO)NC(=O)[C@@H]1CC(c2ccc(Cl)cc2)=NO1. The van der Waals surface area contributed by atoms with Gasteiger partial charge in [-0.05, 0) is 31.5 Å². The van der Waals surface area contributed by atoms with Crippen molar-refractivity contribution in [1.82, 2.24) is 5.32 Å². The number of nitrogens with zero attached hydrogens (tertiary/aromatic N) is 1. The molecule has 0 saturated carbocycles. The maximum absolute atomic E-state index is 12.0. The van der Waals surface area contributed by atoms with E-state index in [4.69, 9.17) is 21.5 Å². The lowest BCUT2D eigenvalue weighted by Crippen LogP contribution is -2.50. The summed E-state index contributed by atoms with van der Waals surface area (Å²) in [4.78, 5) is 17.2. The van der Waals surface area contributed by atoms with E-state index < -0.39 is 11.6 Å². The van der Waals surface area contributed by atoms with Crippen LogP contribution in [0.15, 0.2) is 29.4 Å². The van der Waals surface area contributed by atoms with Gasteiger partial charge in [0.05, 0.1) is 17.9 Å². The van der Waals surface area contributed by atoms with E-state index in [0.717, 1.165) is 5.56 Å². The van der Waals surface area contributed by atoms with Crippen LogP contribution in [-0.4, -0.2) is 35.0 Å². The van der Waals surface area contributed by atoms with Crippen molar-refractivity contribution in [3.63, 3.8) is 0 Å². The lowest BCUT2D eigenvalue weighted by Gasteiger charge is -2.24. The normalized spacial score (nSPS) is 18.4. The molecule has 1 aliphatic heterocycles. The zero-order chi connectivity index (χ0) is 14.8. The maximum atomic E-state index is 12.0. The summed E-state index contributed by atoms with van der Waals surface area (Å²) in [5, 5.41) is 16.5. The number of rotatable bonds is 4. The first-order valence-electron chi connectivity index (χ1n) is 6.33. The first-order valence-corrected chi connectivity index (χ1v) is 6.70. The molecule has 0 bridgehead atoms. The van der Waals surface area contributed by atoms with Crippen molar-refractivity contribution in [1.29, 1.82) is 0 Å². The molecule has 0 aromatic heterocycles. The number of hydrogen-bond donors (Lipinski definition) is 2. The Labute approximate surface area is 122 Å². The van der Waals surface area contributed by atoms with E-state index in [-0.39, 0.29) is 12.5 Å². The van der Waals surface area contributed by atoms with Crippen molar-refractivity contribution >= 4 is 23.2 Å². The topological polar surface area (TPSA) is 70.9 Å².